The lowest BCUT2D eigenvalue weighted by Crippen LogP contribution is -2.00. The molecule has 0 radical (unpaired) electrons. The minimum absolute atomic E-state index is 0.0597. The Hall–Kier alpha value is -6.03. The highest BCUT2D eigenvalue weighted by Gasteiger charge is 2.36. The van der Waals surface area contributed by atoms with Crippen molar-refractivity contribution in [3.05, 3.63) is 144 Å². The fraction of sp³-hybridized carbons (Fsp3) is 0.0312. The molecule has 1 aliphatic carbocycles. The first-order chi connectivity index (χ1) is 20.1. The molecule has 0 spiro atoms. The van der Waals surface area contributed by atoms with Gasteiger partial charge in [0.1, 0.15) is 0 Å². The number of carbonyl (C=O) groups excluding carboxylic acids is 1. The van der Waals surface area contributed by atoms with E-state index in [1.807, 2.05) is 0 Å². The number of nitrogens with zero attached hydrogens (tertiary/aromatic N) is 3. The van der Waals surface area contributed by atoms with Crippen LogP contribution in [-0.2, 0) is 0 Å². The summed E-state index contributed by atoms with van der Waals surface area (Å²) in [6.07, 6.45) is 0. The van der Waals surface area contributed by atoms with Gasteiger partial charge in [-0.3, -0.25) is 35.1 Å². The zero-order chi connectivity index (χ0) is 29.7. The zero-order valence-corrected chi connectivity index (χ0v) is 21.9. The van der Waals surface area contributed by atoms with Gasteiger partial charge in [-0.2, -0.15) is 0 Å². The van der Waals surface area contributed by atoms with E-state index in [1.165, 1.54) is 43.9 Å². The maximum Gasteiger partial charge on any atom is 0.284 e. The predicted octanol–water partition coefficient (Wildman–Crippen LogP) is 8.08. The van der Waals surface area contributed by atoms with Crippen molar-refractivity contribution in [2.45, 2.75) is 6.92 Å². The van der Waals surface area contributed by atoms with E-state index in [2.05, 4.69) is 73.7 Å². The smallest absolute Gasteiger partial charge is 0.284 e. The van der Waals surface area contributed by atoms with Gasteiger partial charge in [0.25, 0.3) is 17.1 Å². The molecule has 0 amide bonds. The van der Waals surface area contributed by atoms with Crippen LogP contribution in [0, 0.1) is 37.3 Å². The van der Waals surface area contributed by atoms with Crippen molar-refractivity contribution in [3.8, 4) is 11.1 Å². The van der Waals surface area contributed by atoms with E-state index in [0.717, 1.165) is 24.3 Å². The van der Waals surface area contributed by atoms with Gasteiger partial charge in [-0.1, -0.05) is 54.6 Å². The number of carbonyl (C=O) groups is 1. The predicted molar refractivity (Wildman–Crippen MR) is 159 cm³/mol. The summed E-state index contributed by atoms with van der Waals surface area (Å²) in [6, 6.07) is 29.2. The molecular weight excluding hydrogens is 538 g/mol. The Balaban J connectivity index is 0.000000153. The lowest BCUT2D eigenvalue weighted by atomic mass is 9.95. The Labute approximate surface area is 236 Å². The summed E-state index contributed by atoms with van der Waals surface area (Å²) in [6.45, 7) is 2.20. The zero-order valence-electron chi connectivity index (χ0n) is 21.9. The number of non-ortho nitro benzene ring substituents is 2. The molecule has 10 nitrogen and oxygen atoms in total. The van der Waals surface area contributed by atoms with Crippen LogP contribution < -0.4 is 0 Å². The lowest BCUT2D eigenvalue weighted by molar-refractivity contribution is -0.393. The molecule has 6 aromatic carbocycles. The van der Waals surface area contributed by atoms with Crippen LogP contribution in [0.1, 0.15) is 21.5 Å². The maximum absolute atomic E-state index is 12.3. The van der Waals surface area contributed by atoms with Crippen LogP contribution in [-0.4, -0.2) is 20.6 Å². The van der Waals surface area contributed by atoms with E-state index in [-0.39, 0.29) is 27.9 Å². The summed E-state index contributed by atoms with van der Waals surface area (Å²) >= 11 is 0. The molecule has 0 saturated carbocycles. The summed E-state index contributed by atoms with van der Waals surface area (Å²) < 4.78 is 0. The first-order valence-electron chi connectivity index (χ1n) is 12.7. The first-order valence-corrected chi connectivity index (χ1v) is 12.7. The average molecular weight is 558 g/mol. The molecule has 0 saturated heterocycles. The van der Waals surface area contributed by atoms with Gasteiger partial charge in [0.05, 0.1) is 26.4 Å². The molecule has 0 heterocycles. The number of fused-ring (bicyclic) bond motifs is 7. The van der Waals surface area contributed by atoms with Crippen LogP contribution in [0.2, 0.25) is 0 Å². The Bertz CT molecular complexity index is 2170. The highest BCUT2D eigenvalue weighted by molar-refractivity contribution is 6.23. The lowest BCUT2D eigenvalue weighted by Gasteiger charge is -2.09. The van der Waals surface area contributed by atoms with Gasteiger partial charge in [0.2, 0.25) is 0 Å². The van der Waals surface area contributed by atoms with Gasteiger partial charge < -0.3 is 0 Å². The number of hydrogen-bond acceptors (Lipinski definition) is 7. The molecular formula is C32H19N3O7. The van der Waals surface area contributed by atoms with Crippen LogP contribution in [0.15, 0.2) is 97.1 Å². The van der Waals surface area contributed by atoms with Gasteiger partial charge in [-0.05, 0) is 63.0 Å². The molecule has 0 unspecified atom stereocenters. The maximum atomic E-state index is 12.3. The van der Waals surface area contributed by atoms with E-state index in [0.29, 0.717) is 0 Å². The number of rotatable bonds is 3. The molecule has 42 heavy (non-hydrogen) atoms. The van der Waals surface area contributed by atoms with Crippen molar-refractivity contribution < 1.29 is 19.6 Å². The summed E-state index contributed by atoms with van der Waals surface area (Å²) in [5.41, 5.74) is -0.380. The standard InChI is InChI=1S/C19H14.C13H5N3O7/c1-13-10-16-8-4-5-9-17(16)19-12-15-7-3-2-6-14(15)11-18(13)19;17-13-9-3-6(14(18)19)1-2-8(9)12-10(13)4-7(15(20)21)5-11(12)16(22)23/h2-12H,1H3;1-5H. The Morgan fingerprint density at radius 2 is 1.12 bits per heavy atom. The fourth-order valence-electron chi connectivity index (χ4n) is 5.49. The highest BCUT2D eigenvalue weighted by Crippen LogP contribution is 2.45. The summed E-state index contributed by atoms with van der Waals surface area (Å²) in [5.74, 6) is -0.717. The van der Waals surface area contributed by atoms with E-state index >= 15 is 0 Å². The minimum Gasteiger partial charge on any atom is -0.289 e. The van der Waals surface area contributed by atoms with Gasteiger partial charge in [0, 0.05) is 34.9 Å². The van der Waals surface area contributed by atoms with Gasteiger partial charge in [-0.25, -0.2) is 0 Å². The van der Waals surface area contributed by atoms with Crippen LogP contribution in [0.4, 0.5) is 17.1 Å². The average Bonchev–Trinajstić information content (AvgIpc) is 3.27. The van der Waals surface area contributed by atoms with E-state index in [4.69, 9.17) is 0 Å². The quantitative estimate of drug-likeness (QED) is 0.0923. The third kappa shape index (κ3) is 4.27. The van der Waals surface area contributed by atoms with Crippen molar-refractivity contribution >= 4 is 55.2 Å². The number of benzene rings is 6. The molecule has 0 aliphatic heterocycles. The molecule has 6 aromatic rings. The SMILES string of the molecule is Cc1cc2ccccc2c2cc3ccccc3cc12.O=C1c2cc([N+](=O)[O-])ccc2-c2c1cc([N+](=O)[O-])cc2[N+](=O)[O-]. The Morgan fingerprint density at radius 3 is 1.76 bits per heavy atom. The van der Waals surface area contributed by atoms with Crippen LogP contribution >= 0.6 is 0 Å². The van der Waals surface area contributed by atoms with E-state index < -0.39 is 31.9 Å². The van der Waals surface area contributed by atoms with Crippen LogP contribution in [0.5, 0.6) is 0 Å². The van der Waals surface area contributed by atoms with Gasteiger partial charge >= 0.3 is 0 Å². The minimum atomic E-state index is -0.841. The molecule has 7 rings (SSSR count). The van der Waals surface area contributed by atoms with Gasteiger partial charge in [-0.15, -0.1) is 0 Å². The third-order valence-electron chi connectivity index (χ3n) is 7.42. The van der Waals surface area contributed by atoms with Crippen molar-refractivity contribution in [2.24, 2.45) is 0 Å². The number of ketones is 1. The number of nitro benzene ring substituents is 3. The van der Waals surface area contributed by atoms with E-state index in [1.54, 1.807) is 0 Å². The fourth-order valence-corrected chi connectivity index (χ4v) is 5.49. The van der Waals surface area contributed by atoms with Crippen LogP contribution in [0.3, 0.4) is 0 Å². The van der Waals surface area contributed by atoms with Crippen LogP contribution in [0.25, 0.3) is 43.4 Å². The van der Waals surface area contributed by atoms with Crippen molar-refractivity contribution in [1.29, 1.82) is 0 Å². The number of hydrogen-bond donors (Lipinski definition) is 0. The largest absolute Gasteiger partial charge is 0.289 e. The first kappa shape index (κ1) is 26.2. The molecule has 0 aromatic heterocycles. The van der Waals surface area contributed by atoms with Crippen molar-refractivity contribution in [3.63, 3.8) is 0 Å². The molecule has 204 valence electrons. The second-order valence-corrected chi connectivity index (χ2v) is 9.88. The summed E-state index contributed by atoms with van der Waals surface area (Å²) in [4.78, 5) is 42.8. The highest BCUT2D eigenvalue weighted by atomic mass is 16.6. The van der Waals surface area contributed by atoms with Crippen molar-refractivity contribution in [2.75, 3.05) is 0 Å². The second-order valence-electron chi connectivity index (χ2n) is 9.88. The van der Waals surface area contributed by atoms with E-state index in [9.17, 15) is 35.1 Å². The molecule has 0 atom stereocenters. The topological polar surface area (TPSA) is 146 Å². The summed E-state index contributed by atoms with van der Waals surface area (Å²) in [5, 5.41) is 40.9. The molecule has 0 N–H and O–H groups in total. The number of nitro groups is 3. The summed E-state index contributed by atoms with van der Waals surface area (Å²) in [7, 11) is 0. The molecule has 0 bridgehead atoms. The molecule has 1 aliphatic rings. The third-order valence-corrected chi connectivity index (χ3v) is 7.42. The molecule has 0 fully saturated rings. The number of aryl methyl sites for hydroxylation is 1. The Kier molecular flexibility index (Phi) is 6.15. The monoisotopic (exact) mass is 557 g/mol. The normalized spacial score (nSPS) is 11.6. The van der Waals surface area contributed by atoms with Crippen molar-refractivity contribution in [1.82, 2.24) is 0 Å². The van der Waals surface area contributed by atoms with Gasteiger partial charge in [0.15, 0.2) is 5.78 Å². The second kappa shape index (κ2) is 9.86. The molecule has 10 heteroatoms. The Morgan fingerprint density at radius 1 is 0.524 bits per heavy atom.